The van der Waals surface area contributed by atoms with E-state index in [1.807, 2.05) is 30.3 Å². The number of anilines is 1. The van der Waals surface area contributed by atoms with Gasteiger partial charge < -0.3 is 4.74 Å². The second-order valence-corrected chi connectivity index (χ2v) is 7.05. The molecular weight excluding hydrogens is 388 g/mol. The van der Waals surface area contributed by atoms with Gasteiger partial charge in [-0.3, -0.25) is 14.9 Å². The minimum atomic E-state index is -0.419. The highest BCUT2D eigenvalue weighted by Crippen LogP contribution is 2.31. The van der Waals surface area contributed by atoms with Crippen LogP contribution in [0, 0.1) is 0 Å². The van der Waals surface area contributed by atoms with Crippen LogP contribution in [-0.4, -0.2) is 29.8 Å². The van der Waals surface area contributed by atoms with Crippen molar-refractivity contribution >= 4 is 40.2 Å². The summed E-state index contributed by atoms with van der Waals surface area (Å²) in [5, 5.41) is 3.04. The zero-order chi connectivity index (χ0) is 20.8. The summed E-state index contributed by atoms with van der Waals surface area (Å²) in [5.74, 6) is -0.897. The van der Waals surface area contributed by atoms with E-state index < -0.39 is 5.97 Å². The highest BCUT2D eigenvalue weighted by Gasteiger charge is 2.17. The summed E-state index contributed by atoms with van der Waals surface area (Å²) in [6.45, 7) is 1.48. The van der Waals surface area contributed by atoms with E-state index in [9.17, 15) is 14.4 Å². The van der Waals surface area contributed by atoms with Crippen molar-refractivity contribution in [1.82, 2.24) is 4.98 Å². The van der Waals surface area contributed by atoms with E-state index in [4.69, 9.17) is 0 Å². The molecule has 0 aliphatic rings. The van der Waals surface area contributed by atoms with Gasteiger partial charge in [-0.15, -0.1) is 0 Å². The zero-order valence-electron chi connectivity index (χ0n) is 15.8. The quantitative estimate of drug-likeness (QED) is 0.371. The van der Waals surface area contributed by atoms with Crippen LogP contribution in [0.5, 0.6) is 0 Å². The molecule has 146 valence electrons. The number of nitrogens with zero attached hydrogens (tertiary/aromatic N) is 1. The van der Waals surface area contributed by atoms with Crippen LogP contribution in [0.2, 0.25) is 0 Å². The largest absolute Gasteiger partial charge is 0.465 e. The number of rotatable bonds is 6. The van der Waals surface area contributed by atoms with Crippen LogP contribution < -0.4 is 5.32 Å². The lowest BCUT2D eigenvalue weighted by Gasteiger charge is -1.99. The van der Waals surface area contributed by atoms with E-state index in [2.05, 4.69) is 15.0 Å². The van der Waals surface area contributed by atoms with Crippen LogP contribution in [0.15, 0.2) is 60.7 Å². The number of hydrogen-bond acceptors (Lipinski definition) is 6. The first-order chi connectivity index (χ1) is 14.0. The molecule has 7 heteroatoms. The van der Waals surface area contributed by atoms with Gasteiger partial charge in [0.25, 0.3) is 0 Å². The molecule has 1 heterocycles. The molecule has 0 saturated carbocycles. The van der Waals surface area contributed by atoms with Crippen molar-refractivity contribution in [2.24, 2.45) is 0 Å². The number of ketones is 1. The van der Waals surface area contributed by atoms with Gasteiger partial charge in [-0.2, -0.15) is 0 Å². The van der Waals surface area contributed by atoms with E-state index in [0.29, 0.717) is 21.3 Å². The van der Waals surface area contributed by atoms with Crippen molar-refractivity contribution in [2.75, 3.05) is 12.4 Å². The fraction of sp³-hybridized carbons (Fsp3) is 0.0909. The topological polar surface area (TPSA) is 85.4 Å². The molecule has 0 aliphatic heterocycles. The number of Topliss-reactive ketones (excluding diaryl/α,β-unsaturated/α-hetero) is 1. The van der Waals surface area contributed by atoms with Gasteiger partial charge in [-0.1, -0.05) is 53.8 Å². The van der Waals surface area contributed by atoms with Crippen LogP contribution in [0.25, 0.3) is 17.3 Å². The van der Waals surface area contributed by atoms with E-state index in [1.165, 1.54) is 20.1 Å². The number of carbonyl (C=O) groups is 3. The molecule has 1 amide bonds. The normalized spacial score (nSPS) is 10.7. The molecule has 29 heavy (non-hydrogen) atoms. The molecule has 0 radical (unpaired) electrons. The van der Waals surface area contributed by atoms with Crippen molar-refractivity contribution in [1.29, 1.82) is 0 Å². The zero-order valence-corrected chi connectivity index (χ0v) is 16.7. The number of thiazole rings is 1. The first-order valence-corrected chi connectivity index (χ1v) is 9.54. The Morgan fingerprint density at radius 1 is 1.03 bits per heavy atom. The second-order valence-electron chi connectivity index (χ2n) is 6.06. The molecule has 0 spiro atoms. The number of benzene rings is 2. The maximum absolute atomic E-state index is 12.2. The van der Waals surface area contributed by atoms with Crippen LogP contribution in [0.4, 0.5) is 5.13 Å². The Bertz CT molecular complexity index is 1070. The van der Waals surface area contributed by atoms with Crippen LogP contribution in [0.3, 0.4) is 0 Å². The van der Waals surface area contributed by atoms with Crippen molar-refractivity contribution in [3.8, 4) is 11.3 Å². The second kappa shape index (κ2) is 9.07. The Morgan fingerprint density at radius 2 is 1.72 bits per heavy atom. The van der Waals surface area contributed by atoms with E-state index >= 15 is 0 Å². The van der Waals surface area contributed by atoms with Crippen LogP contribution in [-0.2, 0) is 9.53 Å². The highest BCUT2D eigenvalue weighted by atomic mass is 32.1. The molecule has 0 bridgehead atoms. The Balaban J connectivity index is 1.73. The number of ether oxygens (including phenoxy) is 1. The standard InChI is InChI=1S/C22H18N2O4S/c1-14(25)20-19(16-6-4-3-5-7-16)24-22(29-20)23-18(26)13-10-15-8-11-17(12-9-15)21(27)28-2/h3-13H,1-2H3,(H,23,24,26)/b13-10+. The molecule has 0 unspecified atom stereocenters. The van der Waals surface area contributed by atoms with Crippen molar-refractivity contribution in [3.63, 3.8) is 0 Å². The van der Waals surface area contributed by atoms with Crippen molar-refractivity contribution in [3.05, 3.63) is 76.7 Å². The number of esters is 1. The summed E-state index contributed by atoms with van der Waals surface area (Å²) in [4.78, 5) is 40.6. The van der Waals surface area contributed by atoms with Gasteiger partial charge in [0.05, 0.1) is 23.2 Å². The smallest absolute Gasteiger partial charge is 0.337 e. The summed E-state index contributed by atoms with van der Waals surface area (Å²) in [5.41, 5.74) is 2.56. The highest BCUT2D eigenvalue weighted by molar-refractivity contribution is 7.18. The Labute approximate surface area is 171 Å². The fourth-order valence-electron chi connectivity index (χ4n) is 2.57. The molecule has 0 aliphatic carbocycles. The number of methoxy groups -OCH3 is 1. The predicted octanol–water partition coefficient (Wildman–Crippen LogP) is 4.45. The number of aromatic nitrogens is 1. The third-order valence-electron chi connectivity index (χ3n) is 3.98. The van der Waals surface area contributed by atoms with Crippen molar-refractivity contribution in [2.45, 2.75) is 6.92 Å². The molecule has 3 rings (SSSR count). The van der Waals surface area contributed by atoms with Crippen LogP contribution >= 0.6 is 11.3 Å². The third kappa shape index (κ3) is 5.03. The minimum absolute atomic E-state index is 0.108. The number of hydrogen-bond donors (Lipinski definition) is 1. The first-order valence-electron chi connectivity index (χ1n) is 8.72. The summed E-state index contributed by atoms with van der Waals surface area (Å²) < 4.78 is 4.65. The number of amides is 1. The monoisotopic (exact) mass is 406 g/mol. The fourth-order valence-corrected chi connectivity index (χ4v) is 3.46. The molecule has 1 aromatic heterocycles. The average molecular weight is 406 g/mol. The average Bonchev–Trinajstić information content (AvgIpc) is 3.17. The molecule has 1 N–H and O–H groups in total. The lowest BCUT2D eigenvalue weighted by molar-refractivity contribution is -0.111. The Kier molecular flexibility index (Phi) is 6.31. The lowest BCUT2D eigenvalue weighted by atomic mass is 10.1. The van der Waals surface area contributed by atoms with Gasteiger partial charge in [0.2, 0.25) is 5.91 Å². The number of carbonyl (C=O) groups excluding carboxylic acids is 3. The molecule has 0 atom stereocenters. The van der Waals surface area contributed by atoms with Crippen LogP contribution in [0.1, 0.15) is 32.5 Å². The molecule has 0 fully saturated rings. The van der Waals surface area contributed by atoms with E-state index in [-0.39, 0.29) is 11.7 Å². The molecule has 2 aromatic carbocycles. The Hall–Kier alpha value is -3.58. The summed E-state index contributed by atoms with van der Waals surface area (Å²) in [7, 11) is 1.32. The predicted molar refractivity (Wildman–Crippen MR) is 113 cm³/mol. The first kappa shape index (κ1) is 20.2. The van der Waals surface area contributed by atoms with Gasteiger partial charge in [-0.25, -0.2) is 9.78 Å². The molecule has 0 saturated heterocycles. The maximum atomic E-state index is 12.2. The minimum Gasteiger partial charge on any atom is -0.465 e. The molecular formula is C22H18N2O4S. The maximum Gasteiger partial charge on any atom is 0.337 e. The third-order valence-corrected chi connectivity index (χ3v) is 5.05. The SMILES string of the molecule is COC(=O)c1ccc(/C=C/C(=O)Nc2nc(-c3ccccc3)c(C(C)=O)s2)cc1. The van der Waals surface area contributed by atoms with E-state index in [0.717, 1.165) is 22.5 Å². The lowest BCUT2D eigenvalue weighted by Crippen LogP contribution is -2.07. The van der Waals surface area contributed by atoms with Gasteiger partial charge in [0, 0.05) is 18.6 Å². The van der Waals surface area contributed by atoms with Gasteiger partial charge >= 0.3 is 5.97 Å². The Morgan fingerprint density at radius 3 is 2.34 bits per heavy atom. The van der Waals surface area contributed by atoms with E-state index in [1.54, 1.807) is 30.3 Å². The van der Waals surface area contributed by atoms with Crippen molar-refractivity contribution < 1.29 is 19.1 Å². The number of nitrogens with one attached hydrogen (secondary N) is 1. The van der Waals surface area contributed by atoms with Gasteiger partial charge in [-0.05, 0) is 23.8 Å². The summed E-state index contributed by atoms with van der Waals surface area (Å²) >= 11 is 1.14. The summed E-state index contributed by atoms with van der Waals surface area (Å²) in [6, 6.07) is 16.0. The van der Waals surface area contributed by atoms with Gasteiger partial charge in [0.15, 0.2) is 10.9 Å². The molecule has 3 aromatic rings. The summed E-state index contributed by atoms with van der Waals surface area (Å²) in [6.07, 6.45) is 2.98. The molecule has 6 nitrogen and oxygen atoms in total. The van der Waals surface area contributed by atoms with Gasteiger partial charge in [0.1, 0.15) is 0 Å².